The van der Waals surface area contributed by atoms with Crippen LogP contribution >= 0.6 is 0 Å². The highest BCUT2D eigenvalue weighted by atomic mass is 16.5. The van der Waals surface area contributed by atoms with Crippen molar-refractivity contribution in [3.8, 4) is 0 Å². The van der Waals surface area contributed by atoms with E-state index in [4.69, 9.17) is 4.74 Å². The van der Waals surface area contributed by atoms with Gasteiger partial charge in [0.25, 0.3) is 0 Å². The maximum atomic E-state index is 5.79. The predicted octanol–water partition coefficient (Wildman–Crippen LogP) is 4.02. The smallest absolute Gasteiger partial charge is 0.0658 e. The molecule has 2 aliphatic rings. The molecule has 2 heterocycles. The van der Waals surface area contributed by atoms with E-state index in [1.165, 1.54) is 24.8 Å². The number of benzene rings is 1. The van der Waals surface area contributed by atoms with Crippen molar-refractivity contribution in [2.45, 2.75) is 51.7 Å². The minimum Gasteiger partial charge on any atom is -0.378 e. The fraction of sp³-hybridized carbons (Fsp3) is 0.579. The summed E-state index contributed by atoms with van der Waals surface area (Å²) in [6.45, 7) is 7.43. The number of ether oxygens (including phenoxy) is 1. The van der Waals surface area contributed by atoms with Crippen LogP contribution < -0.4 is 0 Å². The van der Waals surface area contributed by atoms with Crippen molar-refractivity contribution < 1.29 is 4.74 Å². The van der Waals surface area contributed by atoms with Crippen molar-refractivity contribution in [3.05, 3.63) is 47.5 Å². The third kappa shape index (κ3) is 3.75. The van der Waals surface area contributed by atoms with Gasteiger partial charge in [0.05, 0.1) is 19.3 Å². The zero-order chi connectivity index (χ0) is 14.7. The fourth-order valence-electron chi connectivity index (χ4n) is 3.45. The summed E-state index contributed by atoms with van der Waals surface area (Å²) in [5.74, 6) is 0.796. The van der Waals surface area contributed by atoms with Gasteiger partial charge in [-0.3, -0.25) is 4.90 Å². The highest BCUT2D eigenvalue weighted by Gasteiger charge is 2.34. The summed E-state index contributed by atoms with van der Waals surface area (Å²) in [4.78, 5) is 2.64. The lowest BCUT2D eigenvalue weighted by molar-refractivity contribution is -0.0442. The first kappa shape index (κ1) is 14.8. The topological polar surface area (TPSA) is 12.5 Å². The average molecular weight is 285 g/mol. The van der Waals surface area contributed by atoms with E-state index in [1.807, 2.05) is 0 Å². The van der Waals surface area contributed by atoms with E-state index >= 15 is 0 Å². The summed E-state index contributed by atoms with van der Waals surface area (Å²) in [6, 6.07) is 11.9. The Morgan fingerprint density at radius 3 is 2.71 bits per heavy atom. The van der Waals surface area contributed by atoms with E-state index in [9.17, 15) is 0 Å². The third-order valence-electron chi connectivity index (χ3n) is 4.67. The Kier molecular flexibility index (Phi) is 4.77. The molecule has 1 aromatic rings. The van der Waals surface area contributed by atoms with Gasteiger partial charge < -0.3 is 4.74 Å². The summed E-state index contributed by atoms with van der Waals surface area (Å²) >= 11 is 0. The van der Waals surface area contributed by atoms with Gasteiger partial charge in [-0.1, -0.05) is 55.8 Å². The molecule has 0 radical (unpaired) electrons. The number of rotatable bonds is 5. The lowest BCUT2D eigenvalue weighted by atomic mass is 9.89. The van der Waals surface area contributed by atoms with E-state index in [1.54, 1.807) is 5.57 Å². The minimum atomic E-state index is 0.472. The molecule has 1 fully saturated rings. The Bertz CT molecular complexity index is 480. The third-order valence-corrected chi connectivity index (χ3v) is 4.67. The highest BCUT2D eigenvalue weighted by Crippen LogP contribution is 2.31. The molecule has 0 N–H and O–H groups in total. The summed E-state index contributed by atoms with van der Waals surface area (Å²) in [5, 5.41) is 0. The number of fused-ring (bicyclic) bond motifs is 2. The fourth-order valence-corrected chi connectivity index (χ4v) is 3.45. The van der Waals surface area contributed by atoms with Gasteiger partial charge in [0.15, 0.2) is 0 Å². The van der Waals surface area contributed by atoms with Crippen LogP contribution in [0.15, 0.2) is 42.0 Å². The normalized spacial score (nSPS) is 26.0. The van der Waals surface area contributed by atoms with E-state index in [0.717, 1.165) is 25.7 Å². The molecular formula is C19H27NO. The van der Waals surface area contributed by atoms with Gasteiger partial charge in [-0.15, -0.1) is 0 Å². The van der Waals surface area contributed by atoms with Crippen LogP contribution in [0.1, 0.15) is 38.7 Å². The van der Waals surface area contributed by atoms with Crippen molar-refractivity contribution in [2.24, 2.45) is 5.92 Å². The molecule has 2 atom stereocenters. The molecule has 114 valence electrons. The first-order valence-electron chi connectivity index (χ1n) is 8.29. The Hall–Kier alpha value is -1.12. The van der Waals surface area contributed by atoms with Gasteiger partial charge in [0.2, 0.25) is 0 Å². The maximum absolute atomic E-state index is 5.79. The number of nitrogens with zero attached hydrogens (tertiary/aromatic N) is 1. The Labute approximate surface area is 128 Å². The molecule has 3 rings (SSSR count). The van der Waals surface area contributed by atoms with Gasteiger partial charge in [-0.25, -0.2) is 0 Å². The molecule has 2 aliphatic heterocycles. The van der Waals surface area contributed by atoms with E-state index < -0.39 is 0 Å². The molecule has 2 heteroatoms. The summed E-state index contributed by atoms with van der Waals surface area (Å²) in [5.41, 5.74) is 3.07. The van der Waals surface area contributed by atoms with E-state index in [0.29, 0.717) is 12.1 Å². The molecule has 2 bridgehead atoms. The molecule has 21 heavy (non-hydrogen) atoms. The Balaban J connectivity index is 1.69. The van der Waals surface area contributed by atoms with Crippen LogP contribution in [0.2, 0.25) is 0 Å². The molecule has 0 spiro atoms. The Morgan fingerprint density at radius 2 is 2.00 bits per heavy atom. The summed E-state index contributed by atoms with van der Waals surface area (Å²) in [7, 11) is 0. The van der Waals surface area contributed by atoms with Gasteiger partial charge in [0.1, 0.15) is 0 Å². The Morgan fingerprint density at radius 1 is 1.19 bits per heavy atom. The molecular weight excluding hydrogens is 258 g/mol. The van der Waals surface area contributed by atoms with Crippen molar-refractivity contribution in [1.29, 1.82) is 0 Å². The summed E-state index contributed by atoms with van der Waals surface area (Å²) in [6.07, 6.45) is 6.26. The van der Waals surface area contributed by atoms with Crippen LogP contribution in [0.25, 0.3) is 0 Å². The first-order valence-corrected chi connectivity index (χ1v) is 8.29. The monoisotopic (exact) mass is 285 g/mol. The first-order chi connectivity index (χ1) is 10.2. The standard InChI is InChI=1S/C19H27NO/c1-15(2)8-9-17-10-18-13-21-14-19(11-17)20(18)12-16-6-4-3-5-7-16/h3-7,10,15,18-19H,8-9,11-14H2,1-2H3. The second-order valence-corrected chi connectivity index (χ2v) is 6.88. The van der Waals surface area contributed by atoms with Crippen LogP contribution in [-0.4, -0.2) is 30.2 Å². The van der Waals surface area contributed by atoms with E-state index in [2.05, 4.69) is 55.2 Å². The molecule has 0 saturated carbocycles. The molecule has 2 unspecified atom stereocenters. The highest BCUT2D eigenvalue weighted by molar-refractivity contribution is 5.20. The second-order valence-electron chi connectivity index (χ2n) is 6.88. The van der Waals surface area contributed by atoms with Crippen LogP contribution in [0, 0.1) is 5.92 Å². The maximum Gasteiger partial charge on any atom is 0.0658 e. The molecule has 0 aromatic heterocycles. The number of hydrogen-bond acceptors (Lipinski definition) is 2. The van der Waals surface area contributed by atoms with Crippen molar-refractivity contribution in [2.75, 3.05) is 13.2 Å². The van der Waals surface area contributed by atoms with Crippen LogP contribution in [0.3, 0.4) is 0 Å². The quantitative estimate of drug-likeness (QED) is 0.758. The zero-order valence-electron chi connectivity index (χ0n) is 13.3. The average Bonchev–Trinajstić information content (AvgIpc) is 2.46. The van der Waals surface area contributed by atoms with Gasteiger partial charge >= 0.3 is 0 Å². The van der Waals surface area contributed by atoms with Gasteiger partial charge in [-0.2, -0.15) is 0 Å². The molecule has 2 nitrogen and oxygen atoms in total. The van der Waals surface area contributed by atoms with Crippen molar-refractivity contribution in [3.63, 3.8) is 0 Å². The predicted molar refractivity (Wildman–Crippen MR) is 87.2 cm³/mol. The molecule has 0 amide bonds. The number of morpholine rings is 1. The SMILES string of the molecule is CC(C)CCC1=CC2COCC(C1)N2Cc1ccccc1. The summed E-state index contributed by atoms with van der Waals surface area (Å²) < 4.78 is 5.79. The van der Waals surface area contributed by atoms with Crippen molar-refractivity contribution >= 4 is 0 Å². The second kappa shape index (κ2) is 6.76. The molecule has 1 saturated heterocycles. The van der Waals surface area contributed by atoms with Crippen LogP contribution in [-0.2, 0) is 11.3 Å². The number of hydrogen-bond donors (Lipinski definition) is 0. The van der Waals surface area contributed by atoms with Crippen LogP contribution in [0.5, 0.6) is 0 Å². The van der Waals surface area contributed by atoms with Gasteiger partial charge in [-0.05, 0) is 30.7 Å². The van der Waals surface area contributed by atoms with Crippen molar-refractivity contribution in [1.82, 2.24) is 4.90 Å². The lowest BCUT2D eigenvalue weighted by Crippen LogP contribution is -2.53. The minimum absolute atomic E-state index is 0.472. The van der Waals surface area contributed by atoms with Gasteiger partial charge in [0, 0.05) is 12.6 Å². The molecule has 1 aromatic carbocycles. The molecule has 0 aliphatic carbocycles. The van der Waals surface area contributed by atoms with Crippen LogP contribution in [0.4, 0.5) is 0 Å². The lowest BCUT2D eigenvalue weighted by Gasteiger charge is -2.45. The largest absolute Gasteiger partial charge is 0.378 e. The van der Waals surface area contributed by atoms with E-state index in [-0.39, 0.29) is 0 Å². The zero-order valence-corrected chi connectivity index (χ0v) is 13.3.